The van der Waals surface area contributed by atoms with Crippen LogP contribution in [-0.4, -0.2) is 37.1 Å². The summed E-state index contributed by atoms with van der Waals surface area (Å²) in [6.07, 6.45) is 8.25. The molecule has 1 aliphatic carbocycles. The predicted molar refractivity (Wildman–Crippen MR) is 86.5 cm³/mol. The summed E-state index contributed by atoms with van der Waals surface area (Å²) in [6, 6.07) is 0.237. The van der Waals surface area contributed by atoms with Crippen LogP contribution in [0.25, 0.3) is 0 Å². The second-order valence-corrected chi connectivity index (χ2v) is 6.41. The highest BCUT2D eigenvalue weighted by Gasteiger charge is 2.21. The van der Waals surface area contributed by atoms with Crippen molar-refractivity contribution in [3.05, 3.63) is 23.2 Å². The Morgan fingerprint density at radius 2 is 1.83 bits per heavy atom. The van der Waals surface area contributed by atoms with Gasteiger partial charge >= 0.3 is 0 Å². The molecule has 1 amide bonds. The number of aryl methyl sites for hydroxylation is 1. The van der Waals surface area contributed by atoms with Crippen LogP contribution in [0.1, 0.15) is 72.9 Å². The smallest absolute Gasteiger partial charge is 0.273 e. The molecule has 0 saturated heterocycles. The minimum absolute atomic E-state index is 0.147. The summed E-state index contributed by atoms with van der Waals surface area (Å²) in [7, 11) is 0. The highest BCUT2D eigenvalue weighted by Crippen LogP contribution is 2.17. The van der Waals surface area contributed by atoms with E-state index in [0.717, 1.165) is 12.8 Å². The Bertz CT molecular complexity index is 685. The summed E-state index contributed by atoms with van der Waals surface area (Å²) in [5.41, 5.74) is 1.07. The van der Waals surface area contributed by atoms with Crippen molar-refractivity contribution < 1.29 is 9.21 Å². The SMILES string of the molecule is Cc1nnc(Cn2nnc(C(=O)NC3CCCCCCC3)c2C)o1. The second-order valence-electron chi connectivity index (χ2n) is 6.41. The lowest BCUT2D eigenvalue weighted by Gasteiger charge is -2.20. The van der Waals surface area contributed by atoms with E-state index in [1.54, 1.807) is 11.6 Å². The van der Waals surface area contributed by atoms with Gasteiger partial charge in [-0.1, -0.05) is 37.3 Å². The van der Waals surface area contributed by atoms with E-state index in [-0.39, 0.29) is 11.9 Å². The number of nitrogens with one attached hydrogen (secondary N) is 1. The Kier molecular flexibility index (Phi) is 5.22. The normalized spacial score (nSPS) is 16.6. The molecule has 0 aromatic carbocycles. The fourth-order valence-electron chi connectivity index (χ4n) is 3.10. The molecule has 0 spiro atoms. The maximum atomic E-state index is 12.5. The van der Waals surface area contributed by atoms with Crippen LogP contribution in [0.15, 0.2) is 4.42 Å². The second kappa shape index (κ2) is 7.55. The Morgan fingerprint density at radius 3 is 2.50 bits per heavy atom. The number of carbonyl (C=O) groups excluding carboxylic acids is 1. The lowest BCUT2D eigenvalue weighted by molar-refractivity contribution is 0.0924. The van der Waals surface area contributed by atoms with Crippen LogP contribution in [0.2, 0.25) is 0 Å². The van der Waals surface area contributed by atoms with Gasteiger partial charge in [0.1, 0.15) is 6.54 Å². The van der Waals surface area contributed by atoms with E-state index < -0.39 is 0 Å². The van der Waals surface area contributed by atoms with Crippen molar-refractivity contribution in [2.45, 2.75) is 71.4 Å². The van der Waals surface area contributed by atoms with E-state index in [0.29, 0.717) is 29.7 Å². The third-order valence-electron chi connectivity index (χ3n) is 4.49. The van der Waals surface area contributed by atoms with Crippen LogP contribution in [-0.2, 0) is 6.54 Å². The van der Waals surface area contributed by atoms with Crippen molar-refractivity contribution in [1.29, 1.82) is 0 Å². The van der Waals surface area contributed by atoms with Crippen molar-refractivity contribution in [1.82, 2.24) is 30.5 Å². The number of nitrogens with zero attached hydrogens (tertiary/aromatic N) is 5. The molecule has 1 fully saturated rings. The Balaban J connectivity index is 1.64. The lowest BCUT2D eigenvalue weighted by atomic mass is 9.96. The molecule has 0 aliphatic heterocycles. The average molecular weight is 332 g/mol. The third-order valence-corrected chi connectivity index (χ3v) is 4.49. The van der Waals surface area contributed by atoms with E-state index in [2.05, 4.69) is 25.8 Å². The minimum Gasteiger partial charge on any atom is -0.424 e. The number of amides is 1. The van der Waals surface area contributed by atoms with Crippen molar-refractivity contribution >= 4 is 5.91 Å². The first-order valence-electron chi connectivity index (χ1n) is 8.63. The number of aromatic nitrogens is 5. The number of hydrogen-bond donors (Lipinski definition) is 1. The van der Waals surface area contributed by atoms with E-state index >= 15 is 0 Å². The van der Waals surface area contributed by atoms with Crippen LogP contribution in [0.5, 0.6) is 0 Å². The largest absolute Gasteiger partial charge is 0.424 e. The summed E-state index contributed by atoms with van der Waals surface area (Å²) in [5.74, 6) is 0.809. The van der Waals surface area contributed by atoms with Crippen molar-refractivity contribution in [3.63, 3.8) is 0 Å². The Hall–Kier alpha value is -2.25. The van der Waals surface area contributed by atoms with Gasteiger partial charge in [0.2, 0.25) is 11.8 Å². The first-order chi connectivity index (χ1) is 11.6. The highest BCUT2D eigenvalue weighted by atomic mass is 16.4. The summed E-state index contributed by atoms with van der Waals surface area (Å²) < 4.78 is 6.96. The van der Waals surface area contributed by atoms with Gasteiger partial charge in [-0.25, -0.2) is 4.68 Å². The van der Waals surface area contributed by atoms with Crippen molar-refractivity contribution in [3.8, 4) is 0 Å². The van der Waals surface area contributed by atoms with Gasteiger partial charge in [0.05, 0.1) is 5.69 Å². The molecule has 2 heterocycles. The van der Waals surface area contributed by atoms with Crippen LogP contribution < -0.4 is 5.32 Å². The van der Waals surface area contributed by atoms with Gasteiger partial charge < -0.3 is 9.73 Å². The molecule has 0 unspecified atom stereocenters. The molecule has 1 aliphatic rings. The molecule has 8 heteroatoms. The molecule has 0 bridgehead atoms. The van der Waals surface area contributed by atoms with E-state index in [4.69, 9.17) is 4.42 Å². The fraction of sp³-hybridized carbons (Fsp3) is 0.688. The fourth-order valence-corrected chi connectivity index (χ4v) is 3.10. The first kappa shape index (κ1) is 16.6. The van der Waals surface area contributed by atoms with Gasteiger partial charge in [-0.15, -0.1) is 15.3 Å². The molecule has 24 heavy (non-hydrogen) atoms. The number of carbonyl (C=O) groups is 1. The topological polar surface area (TPSA) is 98.7 Å². The summed E-state index contributed by atoms with van der Waals surface area (Å²) in [5, 5.41) is 18.9. The minimum atomic E-state index is -0.147. The standard InChI is InChI=1S/C16H24N6O2/c1-11-15(16(23)17-13-8-6-4-3-5-7-9-13)20-21-22(11)10-14-19-18-12(2)24-14/h13H,3-10H2,1-2H3,(H,17,23). The maximum Gasteiger partial charge on any atom is 0.273 e. The van der Waals surface area contributed by atoms with Crippen LogP contribution >= 0.6 is 0 Å². The van der Waals surface area contributed by atoms with Crippen LogP contribution in [0, 0.1) is 13.8 Å². The van der Waals surface area contributed by atoms with Gasteiger partial charge in [0.25, 0.3) is 5.91 Å². The summed E-state index contributed by atoms with van der Waals surface area (Å²) >= 11 is 0. The molecule has 2 aromatic rings. The molecule has 3 rings (SSSR count). The van der Waals surface area contributed by atoms with Gasteiger partial charge in [0.15, 0.2) is 5.69 Å². The van der Waals surface area contributed by atoms with E-state index in [9.17, 15) is 4.79 Å². The molecule has 8 nitrogen and oxygen atoms in total. The number of rotatable bonds is 4. The van der Waals surface area contributed by atoms with E-state index in [1.165, 1.54) is 32.1 Å². The quantitative estimate of drug-likeness (QED) is 0.921. The van der Waals surface area contributed by atoms with Gasteiger partial charge in [-0.3, -0.25) is 4.79 Å². The molecule has 0 atom stereocenters. The number of hydrogen-bond acceptors (Lipinski definition) is 6. The lowest BCUT2D eigenvalue weighted by Crippen LogP contribution is -2.35. The average Bonchev–Trinajstić information content (AvgIpc) is 3.09. The summed E-state index contributed by atoms with van der Waals surface area (Å²) in [4.78, 5) is 12.5. The van der Waals surface area contributed by atoms with Crippen LogP contribution in [0.4, 0.5) is 0 Å². The first-order valence-corrected chi connectivity index (χ1v) is 8.63. The summed E-state index contributed by atoms with van der Waals surface area (Å²) in [6.45, 7) is 3.88. The Labute approximate surface area is 141 Å². The molecular formula is C16H24N6O2. The van der Waals surface area contributed by atoms with Gasteiger partial charge in [0, 0.05) is 13.0 Å². The van der Waals surface area contributed by atoms with Crippen molar-refractivity contribution in [2.75, 3.05) is 0 Å². The maximum absolute atomic E-state index is 12.5. The zero-order valence-corrected chi connectivity index (χ0v) is 14.3. The molecule has 0 radical (unpaired) electrons. The zero-order valence-electron chi connectivity index (χ0n) is 14.3. The Morgan fingerprint density at radius 1 is 1.12 bits per heavy atom. The van der Waals surface area contributed by atoms with Gasteiger partial charge in [-0.05, 0) is 19.8 Å². The highest BCUT2D eigenvalue weighted by molar-refractivity contribution is 5.93. The molecule has 2 aromatic heterocycles. The van der Waals surface area contributed by atoms with Gasteiger partial charge in [-0.2, -0.15) is 0 Å². The van der Waals surface area contributed by atoms with E-state index in [1.807, 2.05) is 6.92 Å². The molecule has 130 valence electrons. The molecular weight excluding hydrogens is 308 g/mol. The third kappa shape index (κ3) is 3.98. The van der Waals surface area contributed by atoms with Crippen molar-refractivity contribution in [2.24, 2.45) is 0 Å². The molecule has 1 saturated carbocycles. The van der Waals surface area contributed by atoms with Crippen LogP contribution in [0.3, 0.4) is 0 Å². The molecule has 1 N–H and O–H groups in total. The zero-order chi connectivity index (χ0) is 16.9. The monoisotopic (exact) mass is 332 g/mol. The predicted octanol–water partition coefficient (Wildman–Crippen LogP) is 2.17.